The Morgan fingerprint density at radius 3 is 2.58 bits per heavy atom. The molecule has 1 fully saturated rings. The third kappa shape index (κ3) is 3.18. The van der Waals surface area contributed by atoms with Gasteiger partial charge in [0.05, 0.1) is 0 Å². The molecule has 0 aliphatic carbocycles. The lowest BCUT2D eigenvalue weighted by molar-refractivity contribution is 0.0148. The molecule has 2 N–H and O–H groups in total. The average molecular weight is 260 g/mol. The second-order valence-electron chi connectivity index (χ2n) is 6.46. The molecule has 2 nitrogen and oxygen atoms in total. The fourth-order valence-electron chi connectivity index (χ4n) is 3.72. The Hall–Kier alpha value is -0.860. The van der Waals surface area contributed by atoms with Crippen LogP contribution < -0.4 is 5.73 Å². The van der Waals surface area contributed by atoms with Crippen molar-refractivity contribution < 1.29 is 0 Å². The molecule has 2 rings (SSSR count). The lowest BCUT2D eigenvalue weighted by Crippen LogP contribution is -2.50. The second-order valence-corrected chi connectivity index (χ2v) is 6.46. The summed E-state index contributed by atoms with van der Waals surface area (Å²) in [6.45, 7) is 6.74. The van der Waals surface area contributed by atoms with E-state index in [1.807, 2.05) is 0 Å². The van der Waals surface area contributed by atoms with E-state index >= 15 is 0 Å². The van der Waals surface area contributed by atoms with E-state index in [9.17, 15) is 0 Å². The Morgan fingerprint density at radius 1 is 1.26 bits per heavy atom. The van der Waals surface area contributed by atoms with Crippen LogP contribution in [0.4, 0.5) is 0 Å². The molecule has 2 heteroatoms. The van der Waals surface area contributed by atoms with Gasteiger partial charge in [-0.3, -0.25) is 0 Å². The van der Waals surface area contributed by atoms with Gasteiger partial charge >= 0.3 is 0 Å². The van der Waals surface area contributed by atoms with E-state index in [4.69, 9.17) is 5.73 Å². The molecule has 0 amide bonds. The van der Waals surface area contributed by atoms with E-state index in [-0.39, 0.29) is 0 Å². The van der Waals surface area contributed by atoms with Crippen LogP contribution in [0.5, 0.6) is 0 Å². The van der Waals surface area contributed by atoms with Crippen LogP contribution in [0.2, 0.25) is 0 Å². The van der Waals surface area contributed by atoms with E-state index in [0.717, 1.165) is 13.0 Å². The van der Waals surface area contributed by atoms with E-state index in [0.29, 0.717) is 17.4 Å². The number of benzene rings is 1. The zero-order valence-corrected chi connectivity index (χ0v) is 12.6. The minimum atomic E-state index is 0.377. The first kappa shape index (κ1) is 14.5. The van der Waals surface area contributed by atoms with Gasteiger partial charge in [-0.15, -0.1) is 0 Å². The van der Waals surface area contributed by atoms with Crippen LogP contribution in [0, 0.1) is 11.3 Å². The fourth-order valence-corrected chi connectivity index (χ4v) is 3.72. The summed E-state index contributed by atoms with van der Waals surface area (Å²) in [6, 6.07) is 11.6. The van der Waals surface area contributed by atoms with Crippen molar-refractivity contribution in [1.29, 1.82) is 0 Å². The Balaban J connectivity index is 2.21. The molecule has 0 unspecified atom stereocenters. The summed E-state index contributed by atoms with van der Waals surface area (Å²) in [5, 5.41) is 0. The molecular formula is C17H28N2. The molecule has 0 spiro atoms. The number of hydrogen-bond acceptors (Lipinski definition) is 2. The number of likely N-dealkylation sites (tertiary alicyclic amines) is 1. The van der Waals surface area contributed by atoms with Crippen molar-refractivity contribution in [3.63, 3.8) is 0 Å². The highest BCUT2D eigenvalue weighted by Gasteiger charge is 2.41. The van der Waals surface area contributed by atoms with E-state index in [2.05, 4.69) is 56.1 Å². The molecule has 1 saturated heterocycles. The molecule has 106 valence electrons. The summed E-state index contributed by atoms with van der Waals surface area (Å²) >= 11 is 0. The minimum absolute atomic E-state index is 0.377. The van der Waals surface area contributed by atoms with E-state index < -0.39 is 0 Å². The number of piperidine rings is 1. The SMILES string of the molecule is C[C@H]1C[C@@](CCN)(Cc2ccccc2)[C@@H](C)CN1C. The normalized spacial score (nSPS) is 32.4. The summed E-state index contributed by atoms with van der Waals surface area (Å²) in [7, 11) is 2.25. The highest BCUT2D eigenvalue weighted by molar-refractivity contribution is 5.17. The molecule has 0 aromatic heterocycles. The van der Waals surface area contributed by atoms with Crippen molar-refractivity contribution in [3.8, 4) is 0 Å². The van der Waals surface area contributed by atoms with Crippen LogP contribution in [0.25, 0.3) is 0 Å². The lowest BCUT2D eigenvalue weighted by Gasteiger charge is -2.49. The molecule has 0 radical (unpaired) electrons. The van der Waals surface area contributed by atoms with Crippen molar-refractivity contribution in [2.45, 2.75) is 39.2 Å². The van der Waals surface area contributed by atoms with Crippen LogP contribution in [0.1, 0.15) is 32.3 Å². The topological polar surface area (TPSA) is 29.3 Å². The first-order chi connectivity index (χ1) is 9.07. The van der Waals surface area contributed by atoms with Crippen LogP contribution in [-0.4, -0.2) is 31.1 Å². The molecule has 0 saturated carbocycles. The van der Waals surface area contributed by atoms with Gasteiger partial charge in [0.1, 0.15) is 0 Å². The average Bonchev–Trinajstić information content (AvgIpc) is 2.38. The van der Waals surface area contributed by atoms with Gasteiger partial charge in [-0.05, 0) is 56.7 Å². The third-order valence-corrected chi connectivity index (χ3v) is 5.10. The quantitative estimate of drug-likeness (QED) is 0.902. The fraction of sp³-hybridized carbons (Fsp3) is 0.647. The lowest BCUT2D eigenvalue weighted by atomic mass is 9.64. The monoisotopic (exact) mass is 260 g/mol. The molecule has 3 atom stereocenters. The van der Waals surface area contributed by atoms with Gasteiger partial charge in [-0.2, -0.15) is 0 Å². The molecule has 1 aromatic carbocycles. The van der Waals surface area contributed by atoms with Gasteiger partial charge in [0.25, 0.3) is 0 Å². The molecule has 19 heavy (non-hydrogen) atoms. The van der Waals surface area contributed by atoms with E-state index in [1.54, 1.807) is 0 Å². The smallest absolute Gasteiger partial charge is 0.00695 e. The van der Waals surface area contributed by atoms with E-state index in [1.165, 1.54) is 24.9 Å². The Bertz CT molecular complexity index is 390. The zero-order chi connectivity index (χ0) is 13.9. The highest BCUT2D eigenvalue weighted by atomic mass is 15.1. The van der Waals surface area contributed by atoms with Gasteiger partial charge in [-0.1, -0.05) is 37.3 Å². The molecule has 0 bridgehead atoms. The van der Waals surface area contributed by atoms with Crippen molar-refractivity contribution in [2.75, 3.05) is 20.1 Å². The maximum absolute atomic E-state index is 5.93. The van der Waals surface area contributed by atoms with Crippen LogP contribution in [0.15, 0.2) is 30.3 Å². The van der Waals surface area contributed by atoms with Crippen molar-refractivity contribution in [1.82, 2.24) is 4.90 Å². The molecule has 1 heterocycles. The standard InChI is InChI=1S/C17H28N2/c1-14-13-19(3)15(2)11-17(14,9-10-18)12-16-7-5-4-6-8-16/h4-8,14-15H,9-13,18H2,1-3H3/t14-,15-,17-/m0/s1. The Morgan fingerprint density at radius 2 is 1.95 bits per heavy atom. The molecular weight excluding hydrogens is 232 g/mol. The van der Waals surface area contributed by atoms with Gasteiger partial charge < -0.3 is 10.6 Å². The third-order valence-electron chi connectivity index (χ3n) is 5.10. The maximum atomic E-state index is 5.93. The zero-order valence-electron chi connectivity index (χ0n) is 12.6. The summed E-state index contributed by atoms with van der Waals surface area (Å²) in [5.41, 5.74) is 7.76. The van der Waals surface area contributed by atoms with Crippen LogP contribution in [-0.2, 0) is 6.42 Å². The second kappa shape index (κ2) is 6.06. The molecule has 1 aliphatic rings. The summed E-state index contributed by atoms with van der Waals surface area (Å²) in [6.07, 6.45) is 3.57. The number of nitrogens with zero attached hydrogens (tertiary/aromatic N) is 1. The molecule has 1 aliphatic heterocycles. The van der Waals surface area contributed by atoms with Crippen molar-refractivity contribution >= 4 is 0 Å². The number of rotatable bonds is 4. The van der Waals surface area contributed by atoms with Gasteiger partial charge in [-0.25, -0.2) is 0 Å². The first-order valence-corrected chi connectivity index (χ1v) is 7.51. The summed E-state index contributed by atoms with van der Waals surface area (Å²) < 4.78 is 0. The van der Waals surface area contributed by atoms with Gasteiger partial charge in [0.15, 0.2) is 0 Å². The molecule has 1 aromatic rings. The van der Waals surface area contributed by atoms with Crippen molar-refractivity contribution in [2.24, 2.45) is 17.1 Å². The number of hydrogen-bond donors (Lipinski definition) is 1. The predicted molar refractivity (Wildman–Crippen MR) is 82.1 cm³/mol. The summed E-state index contributed by atoms with van der Waals surface area (Å²) in [5.74, 6) is 0.706. The van der Waals surface area contributed by atoms with Crippen molar-refractivity contribution in [3.05, 3.63) is 35.9 Å². The van der Waals surface area contributed by atoms with Crippen LogP contribution >= 0.6 is 0 Å². The summed E-state index contributed by atoms with van der Waals surface area (Å²) in [4.78, 5) is 2.49. The predicted octanol–water partition coefficient (Wildman–Crippen LogP) is 2.92. The first-order valence-electron chi connectivity index (χ1n) is 7.51. The van der Waals surface area contributed by atoms with Gasteiger partial charge in [0.2, 0.25) is 0 Å². The Kier molecular flexibility index (Phi) is 4.64. The van der Waals surface area contributed by atoms with Gasteiger partial charge in [0, 0.05) is 12.6 Å². The van der Waals surface area contributed by atoms with Crippen LogP contribution in [0.3, 0.4) is 0 Å². The Labute approximate surface area is 118 Å². The number of nitrogens with two attached hydrogens (primary N) is 1. The maximum Gasteiger partial charge on any atom is 0.00695 e. The minimum Gasteiger partial charge on any atom is -0.330 e. The largest absolute Gasteiger partial charge is 0.330 e. The highest BCUT2D eigenvalue weighted by Crippen LogP contribution is 2.44.